The van der Waals surface area contributed by atoms with Crippen molar-refractivity contribution < 1.29 is 9.59 Å². The summed E-state index contributed by atoms with van der Waals surface area (Å²) in [6.07, 6.45) is 0. The van der Waals surface area contributed by atoms with Gasteiger partial charge < -0.3 is 16.0 Å². The third kappa shape index (κ3) is 5.56. The Balaban J connectivity index is 1.86. The fourth-order valence-electron chi connectivity index (χ4n) is 2.03. The molecule has 5 heteroatoms. The third-order valence-electron chi connectivity index (χ3n) is 3.26. The number of carbonyl (C=O) groups excluding carboxylic acids is 2. The molecule has 0 radical (unpaired) electrons. The molecule has 2 aromatic carbocycles. The number of hydrogen-bond donors (Lipinski definition) is 3. The number of likely N-dealkylation sites (N-methyl/N-ethyl adjacent to an activating group) is 1. The predicted molar refractivity (Wildman–Crippen MR) is 91.2 cm³/mol. The van der Waals surface area contributed by atoms with Crippen LogP contribution in [0.3, 0.4) is 0 Å². The number of hydrogen-bond acceptors (Lipinski definition) is 3. The molecule has 3 N–H and O–H groups in total. The van der Waals surface area contributed by atoms with Crippen molar-refractivity contribution in [3.63, 3.8) is 0 Å². The van der Waals surface area contributed by atoms with Crippen molar-refractivity contribution in [2.45, 2.75) is 13.5 Å². The molecule has 0 aliphatic heterocycles. The lowest BCUT2D eigenvalue weighted by molar-refractivity contribution is -0.115. The van der Waals surface area contributed by atoms with E-state index in [1.807, 2.05) is 37.3 Å². The highest BCUT2D eigenvalue weighted by atomic mass is 16.2. The second kappa shape index (κ2) is 8.70. The lowest BCUT2D eigenvalue weighted by Gasteiger charge is -2.08. The van der Waals surface area contributed by atoms with Gasteiger partial charge in [0.1, 0.15) is 0 Å². The van der Waals surface area contributed by atoms with Crippen LogP contribution in [0.15, 0.2) is 54.6 Å². The number of carbonyl (C=O) groups is 2. The van der Waals surface area contributed by atoms with Crippen LogP contribution in [0, 0.1) is 0 Å². The molecule has 0 saturated heterocycles. The SMILES string of the molecule is CCNCC(=O)Nc1ccc(C(=O)NCc2ccccc2)cc1. The highest BCUT2D eigenvalue weighted by Crippen LogP contribution is 2.09. The Morgan fingerprint density at radius 3 is 2.30 bits per heavy atom. The van der Waals surface area contributed by atoms with Gasteiger partial charge in [0, 0.05) is 17.8 Å². The second-order valence-electron chi connectivity index (χ2n) is 5.07. The molecule has 5 nitrogen and oxygen atoms in total. The zero-order valence-electron chi connectivity index (χ0n) is 13.1. The van der Waals surface area contributed by atoms with Gasteiger partial charge in [0.05, 0.1) is 6.54 Å². The van der Waals surface area contributed by atoms with E-state index in [4.69, 9.17) is 0 Å². The zero-order chi connectivity index (χ0) is 16.5. The van der Waals surface area contributed by atoms with E-state index in [0.717, 1.165) is 12.1 Å². The summed E-state index contributed by atoms with van der Waals surface area (Å²) in [4.78, 5) is 23.7. The van der Waals surface area contributed by atoms with E-state index < -0.39 is 0 Å². The summed E-state index contributed by atoms with van der Waals surface area (Å²) in [7, 11) is 0. The Morgan fingerprint density at radius 2 is 1.65 bits per heavy atom. The van der Waals surface area contributed by atoms with Crippen LogP contribution in [0.1, 0.15) is 22.8 Å². The quantitative estimate of drug-likeness (QED) is 0.734. The summed E-state index contributed by atoms with van der Waals surface area (Å²) in [5.41, 5.74) is 2.28. The molecule has 23 heavy (non-hydrogen) atoms. The minimum atomic E-state index is -0.139. The lowest BCUT2D eigenvalue weighted by atomic mass is 10.1. The van der Waals surface area contributed by atoms with Crippen molar-refractivity contribution in [3.8, 4) is 0 Å². The Hall–Kier alpha value is -2.66. The molecule has 2 amide bonds. The zero-order valence-corrected chi connectivity index (χ0v) is 13.1. The summed E-state index contributed by atoms with van der Waals surface area (Å²) in [5.74, 6) is -0.243. The summed E-state index contributed by atoms with van der Waals surface area (Å²) >= 11 is 0. The smallest absolute Gasteiger partial charge is 0.251 e. The summed E-state index contributed by atoms with van der Waals surface area (Å²) < 4.78 is 0. The van der Waals surface area contributed by atoms with Gasteiger partial charge in [0.2, 0.25) is 5.91 Å². The van der Waals surface area contributed by atoms with Crippen molar-refractivity contribution in [3.05, 3.63) is 65.7 Å². The van der Waals surface area contributed by atoms with E-state index in [0.29, 0.717) is 17.8 Å². The highest BCUT2D eigenvalue weighted by molar-refractivity contribution is 5.96. The van der Waals surface area contributed by atoms with Gasteiger partial charge in [-0.15, -0.1) is 0 Å². The fourth-order valence-corrected chi connectivity index (χ4v) is 2.03. The molecule has 120 valence electrons. The molecule has 0 atom stereocenters. The largest absolute Gasteiger partial charge is 0.348 e. The highest BCUT2D eigenvalue weighted by Gasteiger charge is 2.06. The first-order chi connectivity index (χ1) is 11.2. The molecule has 0 bridgehead atoms. The van der Waals surface area contributed by atoms with Gasteiger partial charge in [0.15, 0.2) is 0 Å². The van der Waals surface area contributed by atoms with Gasteiger partial charge in [-0.1, -0.05) is 37.3 Å². The molecular weight excluding hydrogens is 290 g/mol. The molecule has 2 aromatic rings. The number of amides is 2. The van der Waals surface area contributed by atoms with Crippen LogP contribution >= 0.6 is 0 Å². The van der Waals surface area contributed by atoms with Crippen LogP contribution in [-0.2, 0) is 11.3 Å². The molecule has 0 unspecified atom stereocenters. The van der Waals surface area contributed by atoms with Crippen molar-refractivity contribution in [1.82, 2.24) is 10.6 Å². The van der Waals surface area contributed by atoms with Gasteiger partial charge in [-0.25, -0.2) is 0 Å². The van der Waals surface area contributed by atoms with Gasteiger partial charge in [-0.05, 0) is 36.4 Å². The van der Waals surface area contributed by atoms with Crippen molar-refractivity contribution in [2.24, 2.45) is 0 Å². The predicted octanol–water partition coefficient (Wildman–Crippen LogP) is 2.16. The standard InChI is InChI=1S/C18H21N3O2/c1-2-19-13-17(22)21-16-10-8-15(9-11-16)18(23)20-12-14-6-4-3-5-7-14/h3-11,19H,2,12-13H2,1H3,(H,20,23)(H,21,22). The Kier molecular flexibility index (Phi) is 6.32. The van der Waals surface area contributed by atoms with E-state index in [1.165, 1.54) is 0 Å². The third-order valence-corrected chi connectivity index (χ3v) is 3.26. The number of nitrogens with one attached hydrogen (secondary N) is 3. The minimum absolute atomic E-state index is 0.104. The normalized spacial score (nSPS) is 10.1. The van der Waals surface area contributed by atoms with Crippen LogP contribution in [0.5, 0.6) is 0 Å². The summed E-state index contributed by atoms with van der Waals surface area (Å²) in [5, 5.41) is 8.59. The molecule has 0 fully saturated rings. The lowest BCUT2D eigenvalue weighted by Crippen LogP contribution is -2.27. The van der Waals surface area contributed by atoms with E-state index in [9.17, 15) is 9.59 Å². The first-order valence-corrected chi connectivity index (χ1v) is 7.62. The monoisotopic (exact) mass is 311 g/mol. The maximum atomic E-state index is 12.1. The Labute approximate surface area is 136 Å². The van der Waals surface area contributed by atoms with Gasteiger partial charge in [-0.2, -0.15) is 0 Å². The second-order valence-corrected chi connectivity index (χ2v) is 5.07. The first-order valence-electron chi connectivity index (χ1n) is 7.62. The molecule has 0 aliphatic carbocycles. The molecule has 0 heterocycles. The first kappa shape index (κ1) is 16.7. The average Bonchev–Trinajstić information content (AvgIpc) is 2.59. The average molecular weight is 311 g/mol. The van der Waals surface area contributed by atoms with Crippen LogP contribution in [0.4, 0.5) is 5.69 Å². The molecule has 0 spiro atoms. The minimum Gasteiger partial charge on any atom is -0.348 e. The van der Waals surface area contributed by atoms with Gasteiger partial charge in [0.25, 0.3) is 5.91 Å². The maximum absolute atomic E-state index is 12.1. The molecular formula is C18H21N3O2. The number of benzene rings is 2. The van der Waals surface area contributed by atoms with Crippen LogP contribution in [0.25, 0.3) is 0 Å². The van der Waals surface area contributed by atoms with Crippen molar-refractivity contribution >= 4 is 17.5 Å². The van der Waals surface area contributed by atoms with Crippen molar-refractivity contribution in [2.75, 3.05) is 18.4 Å². The van der Waals surface area contributed by atoms with Crippen LogP contribution in [-0.4, -0.2) is 24.9 Å². The van der Waals surface area contributed by atoms with Crippen LogP contribution < -0.4 is 16.0 Å². The number of anilines is 1. The Morgan fingerprint density at radius 1 is 0.957 bits per heavy atom. The van der Waals surface area contributed by atoms with Gasteiger partial charge in [-0.3, -0.25) is 9.59 Å². The van der Waals surface area contributed by atoms with E-state index in [1.54, 1.807) is 24.3 Å². The molecule has 2 rings (SSSR count). The maximum Gasteiger partial charge on any atom is 0.251 e. The van der Waals surface area contributed by atoms with Gasteiger partial charge >= 0.3 is 0 Å². The Bertz CT molecular complexity index is 639. The van der Waals surface area contributed by atoms with Crippen molar-refractivity contribution in [1.29, 1.82) is 0 Å². The van der Waals surface area contributed by atoms with E-state index in [2.05, 4.69) is 16.0 Å². The van der Waals surface area contributed by atoms with Crippen LogP contribution in [0.2, 0.25) is 0 Å². The number of rotatable bonds is 7. The van der Waals surface area contributed by atoms with E-state index in [-0.39, 0.29) is 18.4 Å². The molecule has 0 aliphatic rings. The fraction of sp³-hybridized carbons (Fsp3) is 0.222. The molecule has 0 saturated carbocycles. The topological polar surface area (TPSA) is 70.2 Å². The molecule has 0 aromatic heterocycles. The van der Waals surface area contributed by atoms with E-state index >= 15 is 0 Å². The summed E-state index contributed by atoms with van der Waals surface area (Å²) in [6, 6.07) is 16.6. The summed E-state index contributed by atoms with van der Waals surface area (Å²) in [6.45, 7) is 3.45.